The van der Waals surface area contributed by atoms with Crippen LogP contribution in [-0.2, 0) is 4.74 Å². The van der Waals surface area contributed by atoms with E-state index in [4.69, 9.17) is 10.5 Å². The van der Waals surface area contributed by atoms with Gasteiger partial charge in [-0.3, -0.25) is 4.79 Å². The van der Waals surface area contributed by atoms with E-state index in [0.717, 1.165) is 13.0 Å². The Morgan fingerprint density at radius 2 is 1.90 bits per heavy atom. The Labute approximate surface area is 123 Å². The second kappa shape index (κ2) is 6.60. The molecule has 0 bridgehead atoms. The van der Waals surface area contributed by atoms with Gasteiger partial charge in [0.1, 0.15) is 15.4 Å². The predicted molar refractivity (Wildman–Crippen MR) is 81.6 cm³/mol. The minimum atomic E-state index is -0.519. The molecule has 1 rings (SSSR count). The number of ether oxygens (including phenoxy) is 1. The maximum atomic E-state index is 12.1. The summed E-state index contributed by atoms with van der Waals surface area (Å²) in [4.78, 5) is 27.8. The number of esters is 1. The molecule has 0 radical (unpaired) electrons. The second-order valence-corrected chi connectivity index (χ2v) is 5.64. The highest BCUT2D eigenvalue weighted by Crippen LogP contribution is 2.38. The number of carbonyl (C=O) groups is 2. The normalized spacial score (nSPS) is 10.2. The van der Waals surface area contributed by atoms with E-state index in [1.165, 1.54) is 23.3 Å². The molecule has 1 aromatic rings. The Bertz CT molecular complexity index is 511. The maximum Gasteiger partial charge on any atom is 0.343 e. The molecule has 0 aliphatic heterocycles. The average Bonchev–Trinajstić information content (AvgIpc) is 2.74. The van der Waals surface area contributed by atoms with Gasteiger partial charge in [-0.05, 0) is 6.42 Å². The van der Waals surface area contributed by atoms with Gasteiger partial charge in [-0.1, -0.05) is 6.92 Å². The molecule has 0 atom stereocenters. The Kier molecular flexibility index (Phi) is 5.38. The van der Waals surface area contributed by atoms with E-state index >= 15 is 0 Å². The maximum absolute atomic E-state index is 12.1. The summed E-state index contributed by atoms with van der Waals surface area (Å²) in [6.07, 6.45) is 0.922. The molecule has 2 N–H and O–H groups in total. The quantitative estimate of drug-likeness (QED) is 0.837. The highest BCUT2D eigenvalue weighted by molar-refractivity contribution is 7.19. The van der Waals surface area contributed by atoms with Crippen LogP contribution in [0, 0.1) is 0 Å². The van der Waals surface area contributed by atoms with Crippen molar-refractivity contribution in [2.24, 2.45) is 0 Å². The smallest absolute Gasteiger partial charge is 0.343 e. The van der Waals surface area contributed by atoms with Crippen molar-refractivity contribution >= 4 is 33.9 Å². The Morgan fingerprint density at radius 1 is 1.30 bits per heavy atom. The van der Waals surface area contributed by atoms with Crippen LogP contribution in [0.25, 0.3) is 0 Å². The second-order valence-electron chi connectivity index (χ2n) is 4.64. The van der Waals surface area contributed by atoms with Crippen LogP contribution in [0.3, 0.4) is 0 Å². The van der Waals surface area contributed by atoms with Crippen molar-refractivity contribution in [3.8, 4) is 0 Å². The molecular weight excluding hydrogens is 278 g/mol. The lowest BCUT2D eigenvalue weighted by atomic mass is 10.2. The molecule has 0 aromatic carbocycles. The van der Waals surface area contributed by atoms with E-state index in [0.29, 0.717) is 9.88 Å². The van der Waals surface area contributed by atoms with Crippen molar-refractivity contribution in [1.29, 1.82) is 0 Å². The number of amides is 1. The first kappa shape index (κ1) is 16.3. The molecular formula is C13H21N3O3S. The van der Waals surface area contributed by atoms with Gasteiger partial charge in [-0.2, -0.15) is 0 Å². The molecule has 0 unspecified atom stereocenters. The van der Waals surface area contributed by atoms with Crippen LogP contribution in [0.2, 0.25) is 0 Å². The molecule has 20 heavy (non-hydrogen) atoms. The summed E-state index contributed by atoms with van der Waals surface area (Å²) in [7, 11) is 6.46. The summed E-state index contributed by atoms with van der Waals surface area (Å²) >= 11 is 1.22. The summed E-state index contributed by atoms with van der Waals surface area (Å²) in [5, 5.41) is 0.668. The van der Waals surface area contributed by atoms with E-state index in [-0.39, 0.29) is 17.2 Å². The molecule has 1 heterocycles. The van der Waals surface area contributed by atoms with E-state index in [1.807, 2.05) is 18.9 Å². The van der Waals surface area contributed by atoms with Gasteiger partial charge >= 0.3 is 5.97 Å². The standard InChI is InChI=1S/C13H21N3O3S/c1-6-7-16(4)12-8(13(18)19-5)9(14)10(20-12)11(17)15(2)3/h6-7,14H2,1-5H3. The first-order valence-corrected chi connectivity index (χ1v) is 7.10. The van der Waals surface area contributed by atoms with Gasteiger partial charge < -0.3 is 20.3 Å². The minimum Gasteiger partial charge on any atom is -0.465 e. The van der Waals surface area contributed by atoms with E-state index in [1.54, 1.807) is 14.1 Å². The van der Waals surface area contributed by atoms with Crippen LogP contribution >= 0.6 is 11.3 Å². The first-order valence-electron chi connectivity index (χ1n) is 6.28. The minimum absolute atomic E-state index is 0.193. The van der Waals surface area contributed by atoms with Crippen LogP contribution in [0.15, 0.2) is 0 Å². The summed E-state index contributed by atoms with van der Waals surface area (Å²) in [5.74, 6) is -0.733. The van der Waals surface area contributed by atoms with Gasteiger partial charge in [-0.25, -0.2) is 4.79 Å². The number of hydrogen-bond acceptors (Lipinski definition) is 6. The lowest BCUT2D eigenvalue weighted by Gasteiger charge is -2.17. The van der Waals surface area contributed by atoms with Gasteiger partial charge in [0, 0.05) is 27.7 Å². The molecule has 1 aromatic heterocycles. The van der Waals surface area contributed by atoms with Gasteiger partial charge in [-0.15, -0.1) is 11.3 Å². The highest BCUT2D eigenvalue weighted by Gasteiger charge is 2.28. The summed E-state index contributed by atoms with van der Waals surface area (Å²) in [5.41, 5.74) is 6.46. The van der Waals surface area contributed by atoms with Gasteiger partial charge in [0.15, 0.2) is 0 Å². The number of thiophene rings is 1. The van der Waals surface area contributed by atoms with Crippen molar-refractivity contribution in [3.05, 3.63) is 10.4 Å². The Balaban J connectivity index is 3.38. The average molecular weight is 299 g/mol. The molecule has 0 aliphatic carbocycles. The molecule has 7 heteroatoms. The highest BCUT2D eigenvalue weighted by atomic mass is 32.1. The van der Waals surface area contributed by atoms with Crippen LogP contribution in [-0.4, -0.2) is 51.6 Å². The molecule has 6 nitrogen and oxygen atoms in total. The molecule has 0 spiro atoms. The van der Waals surface area contributed by atoms with Gasteiger partial charge in [0.05, 0.1) is 12.8 Å². The molecule has 0 saturated heterocycles. The molecule has 0 fully saturated rings. The molecule has 0 aliphatic rings. The first-order chi connectivity index (χ1) is 9.34. The van der Waals surface area contributed by atoms with Crippen molar-refractivity contribution in [3.63, 3.8) is 0 Å². The zero-order valence-electron chi connectivity index (χ0n) is 12.5. The Morgan fingerprint density at radius 3 is 2.35 bits per heavy atom. The predicted octanol–water partition coefficient (Wildman–Crippen LogP) is 1.66. The molecule has 112 valence electrons. The fraction of sp³-hybridized carbons (Fsp3) is 0.538. The largest absolute Gasteiger partial charge is 0.465 e. The number of nitrogen functional groups attached to an aromatic ring is 1. The number of anilines is 2. The van der Waals surface area contributed by atoms with Crippen LogP contribution in [0.5, 0.6) is 0 Å². The summed E-state index contributed by atoms with van der Waals surface area (Å²) in [6, 6.07) is 0. The van der Waals surface area contributed by atoms with Gasteiger partial charge in [0.25, 0.3) is 5.91 Å². The number of nitrogens with two attached hydrogens (primary N) is 1. The van der Waals surface area contributed by atoms with E-state index in [9.17, 15) is 9.59 Å². The fourth-order valence-corrected chi connectivity index (χ4v) is 3.02. The van der Waals surface area contributed by atoms with E-state index < -0.39 is 5.97 Å². The summed E-state index contributed by atoms with van der Waals surface area (Å²) in [6.45, 7) is 2.80. The van der Waals surface area contributed by atoms with Crippen molar-refractivity contribution in [2.75, 3.05) is 45.4 Å². The van der Waals surface area contributed by atoms with Crippen LogP contribution < -0.4 is 10.6 Å². The third kappa shape index (κ3) is 3.04. The number of methoxy groups -OCH3 is 1. The SMILES string of the molecule is CCCN(C)c1sc(C(=O)N(C)C)c(N)c1C(=O)OC. The van der Waals surface area contributed by atoms with Crippen molar-refractivity contribution in [2.45, 2.75) is 13.3 Å². The van der Waals surface area contributed by atoms with E-state index in [2.05, 4.69) is 0 Å². The molecule has 0 saturated carbocycles. The third-order valence-corrected chi connectivity index (χ3v) is 4.13. The number of hydrogen-bond donors (Lipinski definition) is 1. The van der Waals surface area contributed by atoms with Crippen molar-refractivity contribution in [1.82, 2.24) is 4.90 Å². The molecule has 1 amide bonds. The lowest BCUT2D eigenvalue weighted by Crippen LogP contribution is -2.21. The topological polar surface area (TPSA) is 75.9 Å². The van der Waals surface area contributed by atoms with Crippen molar-refractivity contribution < 1.29 is 14.3 Å². The summed E-state index contributed by atoms with van der Waals surface area (Å²) < 4.78 is 4.78. The number of nitrogens with zero attached hydrogens (tertiary/aromatic N) is 2. The number of carbonyl (C=O) groups excluding carboxylic acids is 2. The van der Waals surface area contributed by atoms with Crippen LogP contribution in [0.4, 0.5) is 10.7 Å². The monoisotopic (exact) mass is 299 g/mol. The Hall–Kier alpha value is -1.76. The van der Waals surface area contributed by atoms with Gasteiger partial charge in [0.2, 0.25) is 0 Å². The zero-order chi connectivity index (χ0) is 15.4. The fourth-order valence-electron chi connectivity index (χ4n) is 1.80. The lowest BCUT2D eigenvalue weighted by molar-refractivity contribution is 0.0603. The number of rotatable bonds is 5. The third-order valence-electron chi connectivity index (χ3n) is 2.82. The zero-order valence-corrected chi connectivity index (χ0v) is 13.3. The van der Waals surface area contributed by atoms with Crippen LogP contribution in [0.1, 0.15) is 33.4 Å².